The Labute approximate surface area is 171 Å². The van der Waals surface area contributed by atoms with Gasteiger partial charge in [0.05, 0.1) is 17.9 Å². The van der Waals surface area contributed by atoms with Gasteiger partial charge in [-0.25, -0.2) is 8.78 Å². The van der Waals surface area contributed by atoms with Crippen molar-refractivity contribution in [2.75, 3.05) is 6.61 Å². The number of rotatable bonds is 8. The Bertz CT molecular complexity index is 993. The molecule has 160 valence electrons. The van der Waals surface area contributed by atoms with Gasteiger partial charge in [0.15, 0.2) is 0 Å². The molecule has 2 aromatic rings. The van der Waals surface area contributed by atoms with Gasteiger partial charge in [-0.3, -0.25) is 14.6 Å². The van der Waals surface area contributed by atoms with Crippen LogP contribution in [0.3, 0.4) is 0 Å². The molecule has 0 bridgehead atoms. The first-order valence-electron chi connectivity index (χ1n) is 8.80. The van der Waals surface area contributed by atoms with E-state index in [1.54, 1.807) is 0 Å². The van der Waals surface area contributed by atoms with Crippen molar-refractivity contribution in [1.29, 1.82) is 0 Å². The third kappa shape index (κ3) is 5.29. The van der Waals surface area contributed by atoms with Gasteiger partial charge in [0, 0.05) is 23.5 Å². The predicted octanol–water partition coefficient (Wildman–Crippen LogP) is 0.981. The zero-order valence-corrected chi connectivity index (χ0v) is 16.4. The Morgan fingerprint density at radius 2 is 1.93 bits per heavy atom. The molecule has 0 saturated heterocycles. The van der Waals surface area contributed by atoms with Crippen molar-refractivity contribution in [2.45, 2.75) is 26.0 Å². The molecule has 1 aromatic carbocycles. The molecular formula is C20H22F2N4O4. The van der Waals surface area contributed by atoms with E-state index in [-0.39, 0.29) is 34.9 Å². The van der Waals surface area contributed by atoms with Crippen LogP contribution in [0.2, 0.25) is 0 Å². The summed E-state index contributed by atoms with van der Waals surface area (Å²) in [6.07, 6.45) is 1.34. The minimum atomic E-state index is -1.71. The number of amides is 2. The average molecular weight is 420 g/mol. The predicted molar refractivity (Wildman–Crippen MR) is 105 cm³/mol. The SMILES string of the molecule is C/C(N)=C(\C(=O)NC(C)(CO)C(N)=O)c1cc(OCc2cc(F)ccc2F)ccn1. The number of nitrogens with one attached hydrogen (secondary N) is 1. The summed E-state index contributed by atoms with van der Waals surface area (Å²) in [5.41, 5.74) is 9.48. The third-order valence-corrected chi connectivity index (χ3v) is 4.26. The lowest BCUT2D eigenvalue weighted by molar-refractivity contribution is -0.130. The van der Waals surface area contributed by atoms with Crippen molar-refractivity contribution < 1.29 is 28.2 Å². The number of allylic oxidation sites excluding steroid dienone is 1. The summed E-state index contributed by atoms with van der Waals surface area (Å²) in [4.78, 5) is 28.3. The molecule has 8 nitrogen and oxygen atoms in total. The van der Waals surface area contributed by atoms with Crippen LogP contribution in [0, 0.1) is 11.6 Å². The second kappa shape index (κ2) is 9.31. The monoisotopic (exact) mass is 420 g/mol. The van der Waals surface area contributed by atoms with E-state index in [0.29, 0.717) is 0 Å². The molecule has 1 atom stereocenters. The standard InChI is InChI=1S/C20H22F2N4O4/c1-11(23)17(18(28)26-20(2,10-27)19(24)29)16-8-14(5-6-25-16)30-9-12-7-13(21)3-4-15(12)22/h3-8,27H,9-10,23H2,1-2H3,(H2,24,29)(H,26,28)/b17-11+. The number of nitrogens with zero attached hydrogens (tertiary/aromatic N) is 1. The smallest absolute Gasteiger partial charge is 0.256 e. The molecule has 1 heterocycles. The summed E-state index contributed by atoms with van der Waals surface area (Å²) >= 11 is 0. The normalized spacial score (nSPS) is 13.8. The lowest BCUT2D eigenvalue weighted by atomic mass is 10.0. The summed E-state index contributed by atoms with van der Waals surface area (Å²) in [5.74, 6) is -2.73. The second-order valence-electron chi connectivity index (χ2n) is 6.77. The lowest BCUT2D eigenvalue weighted by Gasteiger charge is -2.25. The molecule has 1 aromatic heterocycles. The molecule has 0 radical (unpaired) electrons. The molecule has 6 N–H and O–H groups in total. The van der Waals surface area contributed by atoms with E-state index >= 15 is 0 Å². The molecule has 10 heteroatoms. The van der Waals surface area contributed by atoms with Gasteiger partial charge in [-0.05, 0) is 38.1 Å². The molecule has 30 heavy (non-hydrogen) atoms. The molecule has 0 saturated carbocycles. The average Bonchev–Trinajstić information content (AvgIpc) is 2.68. The van der Waals surface area contributed by atoms with Crippen molar-refractivity contribution in [3.8, 4) is 5.75 Å². The van der Waals surface area contributed by atoms with Gasteiger partial charge in [-0.15, -0.1) is 0 Å². The fraction of sp³-hybridized carbons (Fsp3) is 0.250. The van der Waals surface area contributed by atoms with Crippen molar-refractivity contribution in [2.24, 2.45) is 11.5 Å². The van der Waals surface area contributed by atoms with Gasteiger partial charge >= 0.3 is 0 Å². The van der Waals surface area contributed by atoms with Crippen molar-refractivity contribution in [1.82, 2.24) is 10.3 Å². The van der Waals surface area contributed by atoms with E-state index in [9.17, 15) is 23.5 Å². The molecular weight excluding hydrogens is 398 g/mol. The Hall–Kier alpha value is -3.53. The maximum atomic E-state index is 13.8. The Balaban J connectivity index is 2.26. The van der Waals surface area contributed by atoms with E-state index in [1.165, 1.54) is 32.2 Å². The molecule has 2 amide bonds. The molecule has 1 unspecified atom stereocenters. The number of hydrogen-bond acceptors (Lipinski definition) is 6. The topological polar surface area (TPSA) is 141 Å². The quantitative estimate of drug-likeness (QED) is 0.469. The van der Waals surface area contributed by atoms with Crippen molar-refractivity contribution in [3.05, 3.63) is 65.1 Å². The van der Waals surface area contributed by atoms with E-state index in [1.807, 2.05) is 0 Å². The first kappa shape index (κ1) is 22.8. The van der Waals surface area contributed by atoms with Gasteiger partial charge in [-0.1, -0.05) is 0 Å². The molecule has 0 spiro atoms. The number of benzene rings is 1. The second-order valence-corrected chi connectivity index (χ2v) is 6.77. The number of ether oxygens (including phenoxy) is 1. The molecule has 0 aliphatic rings. The lowest BCUT2D eigenvalue weighted by Crippen LogP contribution is -2.58. The first-order chi connectivity index (χ1) is 14.1. The molecule has 0 aliphatic heterocycles. The van der Waals surface area contributed by atoms with Crippen molar-refractivity contribution in [3.63, 3.8) is 0 Å². The number of aliphatic hydroxyl groups excluding tert-OH is 1. The van der Waals surface area contributed by atoms with Gasteiger partial charge in [0.1, 0.15) is 29.5 Å². The van der Waals surface area contributed by atoms with Crippen LogP contribution < -0.4 is 21.5 Å². The minimum Gasteiger partial charge on any atom is -0.489 e. The van der Waals surface area contributed by atoms with Crippen LogP contribution in [0.25, 0.3) is 5.57 Å². The number of primary amides is 1. The summed E-state index contributed by atoms with van der Waals surface area (Å²) in [5, 5.41) is 11.7. The Morgan fingerprint density at radius 1 is 1.23 bits per heavy atom. The summed E-state index contributed by atoms with van der Waals surface area (Å²) in [7, 11) is 0. The minimum absolute atomic E-state index is 0.0112. The van der Waals surface area contributed by atoms with E-state index in [0.717, 1.165) is 18.2 Å². The third-order valence-electron chi connectivity index (χ3n) is 4.26. The maximum absolute atomic E-state index is 13.8. The number of carbonyl (C=O) groups is 2. The van der Waals surface area contributed by atoms with Crippen LogP contribution in [0.4, 0.5) is 8.78 Å². The van der Waals surface area contributed by atoms with Gasteiger partial charge in [-0.2, -0.15) is 0 Å². The highest BCUT2D eigenvalue weighted by Crippen LogP contribution is 2.22. The van der Waals surface area contributed by atoms with Gasteiger partial charge in [0.2, 0.25) is 5.91 Å². The highest BCUT2D eigenvalue weighted by Gasteiger charge is 2.34. The maximum Gasteiger partial charge on any atom is 0.256 e. The van der Waals surface area contributed by atoms with Gasteiger partial charge < -0.3 is 26.6 Å². The molecule has 0 aliphatic carbocycles. The number of nitrogens with two attached hydrogens (primary N) is 2. The number of halogens is 2. The van der Waals surface area contributed by atoms with E-state index < -0.39 is 35.6 Å². The van der Waals surface area contributed by atoms with Crippen LogP contribution in [0.5, 0.6) is 5.75 Å². The Kier molecular flexibility index (Phi) is 7.06. The largest absolute Gasteiger partial charge is 0.489 e. The summed E-state index contributed by atoms with van der Waals surface area (Å²) in [6.45, 7) is 1.73. The van der Waals surface area contributed by atoms with Crippen LogP contribution in [-0.2, 0) is 16.2 Å². The fourth-order valence-electron chi connectivity index (χ4n) is 2.44. The highest BCUT2D eigenvalue weighted by atomic mass is 19.1. The number of aromatic nitrogens is 1. The van der Waals surface area contributed by atoms with E-state index in [4.69, 9.17) is 16.2 Å². The fourth-order valence-corrected chi connectivity index (χ4v) is 2.44. The van der Waals surface area contributed by atoms with Crippen LogP contribution in [0.15, 0.2) is 42.2 Å². The number of hydrogen-bond donors (Lipinski definition) is 4. The highest BCUT2D eigenvalue weighted by molar-refractivity contribution is 6.20. The zero-order chi connectivity index (χ0) is 22.5. The summed E-state index contributed by atoms with van der Waals surface area (Å²) < 4.78 is 32.5. The zero-order valence-electron chi connectivity index (χ0n) is 16.4. The molecule has 0 fully saturated rings. The number of aliphatic hydroxyl groups is 1. The van der Waals surface area contributed by atoms with Crippen LogP contribution >= 0.6 is 0 Å². The van der Waals surface area contributed by atoms with Gasteiger partial charge in [0.25, 0.3) is 5.91 Å². The van der Waals surface area contributed by atoms with Crippen LogP contribution in [-0.4, -0.2) is 34.1 Å². The first-order valence-corrected chi connectivity index (χ1v) is 8.80. The van der Waals surface area contributed by atoms with E-state index in [2.05, 4.69) is 10.3 Å². The molecule has 2 rings (SSSR count). The Morgan fingerprint density at radius 3 is 2.53 bits per heavy atom. The summed E-state index contributed by atoms with van der Waals surface area (Å²) in [6, 6.07) is 5.84. The number of carbonyl (C=O) groups excluding carboxylic acids is 2. The van der Waals surface area contributed by atoms with Crippen molar-refractivity contribution >= 4 is 17.4 Å². The number of pyridine rings is 1. The van der Waals surface area contributed by atoms with Crippen LogP contribution in [0.1, 0.15) is 25.1 Å².